The van der Waals surface area contributed by atoms with Crippen LogP contribution in [0, 0.1) is 0 Å². The molecule has 1 atom stereocenters. The second-order valence-corrected chi connectivity index (χ2v) is 6.62. The molecule has 21 heavy (non-hydrogen) atoms. The minimum absolute atomic E-state index is 0.396. The molecule has 0 radical (unpaired) electrons. The molecule has 0 aromatic heterocycles. The van der Waals surface area contributed by atoms with Gasteiger partial charge in [-0.25, -0.2) is 17.5 Å². The van der Waals surface area contributed by atoms with Gasteiger partial charge in [-0.2, -0.15) is 0 Å². The number of urea groups is 1. The Bertz CT molecular complexity index is 439. The number of rotatable bonds is 9. The van der Waals surface area contributed by atoms with Crippen LogP contribution in [0.5, 0.6) is 0 Å². The predicted molar refractivity (Wildman–Crippen MR) is 81.4 cm³/mol. The van der Waals surface area contributed by atoms with E-state index in [-0.39, 0.29) is 0 Å². The average Bonchev–Trinajstić information content (AvgIpc) is 2.36. The molecule has 0 rings (SSSR count). The van der Waals surface area contributed by atoms with Crippen LogP contribution in [0.15, 0.2) is 0 Å². The summed E-state index contributed by atoms with van der Waals surface area (Å²) in [6.07, 6.45) is 1.76. The Morgan fingerprint density at radius 1 is 1.24 bits per heavy atom. The second kappa shape index (κ2) is 9.69. The lowest BCUT2D eigenvalue weighted by Crippen LogP contribution is -2.48. The summed E-state index contributed by atoms with van der Waals surface area (Å²) in [4.78, 5) is 22.8. The van der Waals surface area contributed by atoms with E-state index in [1.165, 1.54) is 10.6 Å². The van der Waals surface area contributed by atoms with Gasteiger partial charge in [0.15, 0.2) is 0 Å². The summed E-state index contributed by atoms with van der Waals surface area (Å²) in [5, 5.41) is 7.62. The first-order chi connectivity index (χ1) is 9.72. The summed E-state index contributed by atoms with van der Waals surface area (Å²) < 4.78 is 24.1. The molecule has 0 aliphatic rings. The first kappa shape index (κ1) is 19.8. The van der Waals surface area contributed by atoms with E-state index in [2.05, 4.69) is 16.0 Å². The molecule has 3 amide bonds. The van der Waals surface area contributed by atoms with Gasteiger partial charge in [0.25, 0.3) is 0 Å². The Kier molecular flexibility index (Phi) is 9.14. The molecule has 0 aliphatic heterocycles. The quantitative estimate of drug-likeness (QED) is 0.495. The van der Waals surface area contributed by atoms with E-state index >= 15 is 0 Å². The number of imide groups is 1. The van der Waals surface area contributed by atoms with E-state index in [4.69, 9.17) is 0 Å². The molecule has 0 aliphatic carbocycles. The maximum absolute atomic E-state index is 11.6. The number of hydrogen-bond donors (Lipinski definition) is 3. The minimum atomic E-state index is -3.18. The SMILES string of the molecule is CCNC(=O)NC(=O)C(C)NCCCN(CC)S(C)(=O)=O. The lowest BCUT2D eigenvalue weighted by molar-refractivity contribution is -0.121. The molecule has 0 saturated heterocycles. The maximum Gasteiger partial charge on any atom is 0.321 e. The molecule has 1 unspecified atom stereocenters. The second-order valence-electron chi connectivity index (χ2n) is 4.63. The molecule has 0 heterocycles. The molecule has 0 bridgehead atoms. The Morgan fingerprint density at radius 2 is 1.86 bits per heavy atom. The normalized spacial score (nSPS) is 13.0. The number of carbonyl (C=O) groups excluding carboxylic acids is 2. The number of carbonyl (C=O) groups is 2. The zero-order valence-electron chi connectivity index (χ0n) is 13.1. The molecule has 124 valence electrons. The van der Waals surface area contributed by atoms with Gasteiger partial charge in [0, 0.05) is 19.6 Å². The van der Waals surface area contributed by atoms with E-state index in [0.717, 1.165) is 0 Å². The summed E-state index contributed by atoms with van der Waals surface area (Å²) in [6, 6.07) is -1.05. The average molecular weight is 322 g/mol. The van der Waals surface area contributed by atoms with Gasteiger partial charge in [0.1, 0.15) is 0 Å². The van der Waals surface area contributed by atoms with Crippen LogP contribution < -0.4 is 16.0 Å². The summed E-state index contributed by atoms with van der Waals surface area (Å²) >= 11 is 0. The third kappa shape index (κ3) is 8.64. The Balaban J connectivity index is 4.01. The van der Waals surface area contributed by atoms with Crippen LogP contribution in [0.2, 0.25) is 0 Å². The molecule has 0 aromatic rings. The van der Waals surface area contributed by atoms with Gasteiger partial charge in [-0.1, -0.05) is 6.92 Å². The zero-order chi connectivity index (χ0) is 16.5. The molecule has 0 fully saturated rings. The van der Waals surface area contributed by atoms with Gasteiger partial charge in [0.2, 0.25) is 15.9 Å². The number of hydrogen-bond acceptors (Lipinski definition) is 5. The van der Waals surface area contributed by atoms with Gasteiger partial charge in [-0.05, 0) is 26.8 Å². The van der Waals surface area contributed by atoms with Crippen LogP contribution in [-0.2, 0) is 14.8 Å². The van der Waals surface area contributed by atoms with E-state index in [9.17, 15) is 18.0 Å². The third-order valence-electron chi connectivity index (χ3n) is 2.82. The van der Waals surface area contributed by atoms with Crippen LogP contribution in [-0.4, -0.2) is 63.1 Å². The van der Waals surface area contributed by atoms with Crippen molar-refractivity contribution in [3.05, 3.63) is 0 Å². The number of nitrogens with one attached hydrogen (secondary N) is 3. The molecular formula is C12H26N4O4S. The molecular weight excluding hydrogens is 296 g/mol. The zero-order valence-corrected chi connectivity index (χ0v) is 13.9. The van der Waals surface area contributed by atoms with E-state index < -0.39 is 28.0 Å². The predicted octanol–water partition coefficient (Wildman–Crippen LogP) is -0.518. The minimum Gasteiger partial charge on any atom is -0.338 e. The van der Waals surface area contributed by atoms with Crippen LogP contribution in [0.1, 0.15) is 27.2 Å². The Labute approximate surface area is 126 Å². The Hall–Kier alpha value is -1.19. The largest absolute Gasteiger partial charge is 0.338 e. The highest BCUT2D eigenvalue weighted by Crippen LogP contribution is 1.98. The van der Waals surface area contributed by atoms with Gasteiger partial charge in [-0.3, -0.25) is 10.1 Å². The number of nitrogens with zero attached hydrogens (tertiary/aromatic N) is 1. The lowest BCUT2D eigenvalue weighted by atomic mass is 10.3. The van der Waals surface area contributed by atoms with Gasteiger partial charge in [0.05, 0.1) is 12.3 Å². The van der Waals surface area contributed by atoms with Gasteiger partial charge in [-0.15, -0.1) is 0 Å². The van der Waals surface area contributed by atoms with Crippen molar-refractivity contribution in [2.24, 2.45) is 0 Å². The number of sulfonamides is 1. The standard InChI is InChI=1S/C12H26N4O4S/c1-5-13-12(18)15-11(17)10(3)14-8-7-9-16(6-2)21(4,19)20/h10,14H,5-9H2,1-4H3,(H2,13,15,17,18). The van der Waals surface area contributed by atoms with Crippen molar-refractivity contribution in [3.8, 4) is 0 Å². The van der Waals surface area contributed by atoms with Crippen molar-refractivity contribution < 1.29 is 18.0 Å². The third-order valence-corrected chi connectivity index (χ3v) is 4.20. The highest BCUT2D eigenvalue weighted by Gasteiger charge is 2.16. The monoisotopic (exact) mass is 322 g/mol. The summed E-state index contributed by atoms with van der Waals surface area (Å²) in [6.45, 7) is 6.92. The fraction of sp³-hybridized carbons (Fsp3) is 0.833. The molecule has 9 heteroatoms. The van der Waals surface area contributed by atoms with Crippen molar-refractivity contribution in [1.82, 2.24) is 20.3 Å². The molecule has 0 saturated carbocycles. The smallest absolute Gasteiger partial charge is 0.321 e. The molecule has 0 aromatic carbocycles. The molecule has 8 nitrogen and oxygen atoms in total. The first-order valence-corrected chi connectivity index (χ1v) is 8.84. The maximum atomic E-state index is 11.6. The molecule has 3 N–H and O–H groups in total. The van der Waals surface area contributed by atoms with Crippen molar-refractivity contribution in [2.75, 3.05) is 32.4 Å². The van der Waals surface area contributed by atoms with Crippen molar-refractivity contribution in [2.45, 2.75) is 33.2 Å². The van der Waals surface area contributed by atoms with Crippen molar-refractivity contribution in [1.29, 1.82) is 0 Å². The van der Waals surface area contributed by atoms with Gasteiger partial charge < -0.3 is 10.6 Å². The number of amides is 3. The summed E-state index contributed by atoms with van der Waals surface area (Å²) in [5.41, 5.74) is 0. The van der Waals surface area contributed by atoms with Crippen LogP contribution in [0.3, 0.4) is 0 Å². The van der Waals surface area contributed by atoms with Crippen LogP contribution >= 0.6 is 0 Å². The summed E-state index contributed by atoms with van der Waals surface area (Å²) in [5.74, 6) is -0.420. The van der Waals surface area contributed by atoms with E-state index in [1.54, 1.807) is 20.8 Å². The first-order valence-electron chi connectivity index (χ1n) is 6.99. The van der Waals surface area contributed by atoms with Gasteiger partial charge >= 0.3 is 6.03 Å². The Morgan fingerprint density at radius 3 is 2.33 bits per heavy atom. The highest BCUT2D eigenvalue weighted by atomic mass is 32.2. The van der Waals surface area contributed by atoms with Crippen LogP contribution in [0.25, 0.3) is 0 Å². The van der Waals surface area contributed by atoms with E-state index in [1.807, 2.05) is 0 Å². The fourth-order valence-electron chi connectivity index (χ4n) is 1.65. The van der Waals surface area contributed by atoms with Crippen molar-refractivity contribution >= 4 is 22.0 Å². The molecule has 0 spiro atoms. The van der Waals surface area contributed by atoms with Crippen LogP contribution in [0.4, 0.5) is 4.79 Å². The summed E-state index contributed by atoms with van der Waals surface area (Å²) in [7, 11) is -3.18. The highest BCUT2D eigenvalue weighted by molar-refractivity contribution is 7.88. The topological polar surface area (TPSA) is 108 Å². The lowest BCUT2D eigenvalue weighted by Gasteiger charge is -2.18. The van der Waals surface area contributed by atoms with E-state index in [0.29, 0.717) is 32.6 Å². The fourth-order valence-corrected chi connectivity index (χ4v) is 2.58. The van der Waals surface area contributed by atoms with Crippen molar-refractivity contribution in [3.63, 3.8) is 0 Å².